The third-order valence-corrected chi connectivity index (χ3v) is 6.51. The largest absolute Gasteiger partial charge is 0.371 e. The minimum atomic E-state index is -0.288. The van der Waals surface area contributed by atoms with Gasteiger partial charge in [-0.1, -0.05) is 36.5 Å². The van der Waals surface area contributed by atoms with Gasteiger partial charge in [-0.05, 0) is 32.1 Å². The van der Waals surface area contributed by atoms with Crippen molar-refractivity contribution in [3.8, 4) is 0 Å². The molecule has 0 radical (unpaired) electrons. The molecule has 1 fully saturated rings. The van der Waals surface area contributed by atoms with E-state index in [1.165, 1.54) is 29.6 Å². The maximum atomic E-state index is 12.7. The Morgan fingerprint density at radius 2 is 2.11 bits per heavy atom. The first-order chi connectivity index (χ1) is 13.3. The van der Waals surface area contributed by atoms with Crippen LogP contribution in [0.5, 0.6) is 0 Å². The summed E-state index contributed by atoms with van der Waals surface area (Å²) in [6.07, 6.45) is 2.79. The van der Waals surface area contributed by atoms with Gasteiger partial charge in [0.2, 0.25) is 11.0 Å². The molecule has 2 aromatic heterocycles. The molecule has 28 heavy (non-hydrogen) atoms. The van der Waals surface area contributed by atoms with Crippen molar-refractivity contribution in [1.29, 1.82) is 0 Å². The molecule has 1 N–H and O–H groups in total. The second kappa shape index (κ2) is 9.06. The summed E-state index contributed by atoms with van der Waals surface area (Å²) in [4.78, 5) is 31.3. The minimum Gasteiger partial charge on any atom is -0.371 e. The fourth-order valence-electron chi connectivity index (χ4n) is 2.82. The summed E-state index contributed by atoms with van der Waals surface area (Å²) in [7, 11) is 0. The molecular weight excluding hydrogens is 398 g/mol. The number of rotatable bonds is 7. The van der Waals surface area contributed by atoms with E-state index >= 15 is 0 Å². The van der Waals surface area contributed by atoms with Crippen molar-refractivity contribution in [2.24, 2.45) is 5.92 Å². The Morgan fingerprint density at radius 3 is 2.75 bits per heavy atom. The molecule has 3 heterocycles. The van der Waals surface area contributed by atoms with Gasteiger partial charge in [-0.2, -0.15) is 0 Å². The van der Waals surface area contributed by atoms with Gasteiger partial charge in [-0.3, -0.25) is 19.8 Å². The average molecular weight is 424 g/mol. The van der Waals surface area contributed by atoms with Crippen LogP contribution >= 0.6 is 22.7 Å². The number of aromatic nitrogens is 3. The summed E-state index contributed by atoms with van der Waals surface area (Å²) in [6, 6.07) is 0. The summed E-state index contributed by atoms with van der Waals surface area (Å²) in [6.45, 7) is 8.83. The van der Waals surface area contributed by atoms with Gasteiger partial charge in [0.15, 0.2) is 5.13 Å². The summed E-state index contributed by atoms with van der Waals surface area (Å²) in [5.41, 5.74) is 0.595. The van der Waals surface area contributed by atoms with E-state index in [0.717, 1.165) is 30.9 Å². The van der Waals surface area contributed by atoms with Gasteiger partial charge >= 0.3 is 0 Å². The zero-order valence-electron chi connectivity index (χ0n) is 16.5. The molecule has 3 rings (SSSR count). The number of aryl methyl sites for hydroxylation is 1. The van der Waals surface area contributed by atoms with Crippen LogP contribution in [-0.2, 0) is 9.53 Å². The van der Waals surface area contributed by atoms with E-state index in [1.807, 2.05) is 0 Å². The van der Waals surface area contributed by atoms with Crippen molar-refractivity contribution < 1.29 is 14.3 Å². The Hall–Kier alpha value is -1.91. The number of anilines is 2. The quantitative estimate of drug-likeness (QED) is 0.727. The standard InChI is InChI=1S/C18H25N5O3S2/c1-10(2)7-8-23(12(4)24)18-19-11(3)14(27-18)15(25)20-17-22-21-16(28-17)13-6-5-9-26-13/h10,13H,5-9H2,1-4H3,(H,20,22,25)/t13-/m1/s1. The van der Waals surface area contributed by atoms with Gasteiger partial charge < -0.3 is 4.74 Å². The van der Waals surface area contributed by atoms with E-state index in [1.54, 1.807) is 11.8 Å². The number of amides is 2. The molecule has 0 bridgehead atoms. The highest BCUT2D eigenvalue weighted by molar-refractivity contribution is 7.18. The predicted molar refractivity (Wildman–Crippen MR) is 110 cm³/mol. The lowest BCUT2D eigenvalue weighted by molar-refractivity contribution is -0.116. The van der Waals surface area contributed by atoms with Gasteiger partial charge in [0, 0.05) is 20.1 Å². The zero-order chi connectivity index (χ0) is 20.3. The molecule has 1 aliphatic heterocycles. The highest BCUT2D eigenvalue weighted by Crippen LogP contribution is 2.33. The Kier molecular flexibility index (Phi) is 6.73. The number of thiazole rings is 1. The molecule has 1 saturated heterocycles. The molecule has 8 nitrogen and oxygen atoms in total. The van der Waals surface area contributed by atoms with Gasteiger partial charge in [0.25, 0.3) is 5.91 Å². The summed E-state index contributed by atoms with van der Waals surface area (Å²) < 4.78 is 5.60. The van der Waals surface area contributed by atoms with Gasteiger partial charge in [-0.25, -0.2) is 4.98 Å². The maximum Gasteiger partial charge on any atom is 0.269 e. The smallest absolute Gasteiger partial charge is 0.269 e. The van der Waals surface area contributed by atoms with Crippen LogP contribution in [0, 0.1) is 12.8 Å². The lowest BCUT2D eigenvalue weighted by atomic mass is 10.1. The molecule has 10 heteroatoms. The second-order valence-corrected chi connectivity index (χ2v) is 9.15. The molecule has 1 aliphatic rings. The number of ether oxygens (including phenoxy) is 1. The van der Waals surface area contributed by atoms with E-state index in [4.69, 9.17) is 4.74 Å². The highest BCUT2D eigenvalue weighted by Gasteiger charge is 2.24. The lowest BCUT2D eigenvalue weighted by Gasteiger charge is -2.18. The Bertz CT molecular complexity index is 842. The number of nitrogens with one attached hydrogen (secondary N) is 1. The van der Waals surface area contributed by atoms with Crippen molar-refractivity contribution in [2.45, 2.75) is 53.1 Å². The second-order valence-electron chi connectivity index (χ2n) is 7.17. The van der Waals surface area contributed by atoms with Crippen molar-refractivity contribution in [3.63, 3.8) is 0 Å². The summed E-state index contributed by atoms with van der Waals surface area (Å²) >= 11 is 2.55. The molecule has 152 valence electrons. The van der Waals surface area contributed by atoms with Crippen molar-refractivity contribution in [3.05, 3.63) is 15.6 Å². The Balaban J connectivity index is 1.71. The first-order valence-electron chi connectivity index (χ1n) is 9.37. The summed E-state index contributed by atoms with van der Waals surface area (Å²) in [5.74, 6) is 0.108. The van der Waals surface area contributed by atoms with Crippen molar-refractivity contribution in [2.75, 3.05) is 23.4 Å². The molecular formula is C18H25N5O3S2. The number of hydrogen-bond donors (Lipinski definition) is 1. The monoisotopic (exact) mass is 423 g/mol. The lowest BCUT2D eigenvalue weighted by Crippen LogP contribution is -2.30. The van der Waals surface area contributed by atoms with E-state index in [9.17, 15) is 9.59 Å². The number of hydrogen-bond acceptors (Lipinski definition) is 8. The van der Waals surface area contributed by atoms with Crippen LogP contribution in [0.1, 0.15) is 66.5 Å². The van der Waals surface area contributed by atoms with Gasteiger partial charge in [-0.15, -0.1) is 10.2 Å². The van der Waals surface area contributed by atoms with E-state index < -0.39 is 0 Å². The van der Waals surface area contributed by atoms with Crippen LogP contribution in [0.25, 0.3) is 0 Å². The van der Waals surface area contributed by atoms with Crippen LogP contribution in [0.2, 0.25) is 0 Å². The number of carbonyl (C=O) groups excluding carboxylic acids is 2. The Morgan fingerprint density at radius 1 is 1.32 bits per heavy atom. The van der Waals surface area contributed by atoms with Crippen LogP contribution in [0.4, 0.5) is 10.3 Å². The van der Waals surface area contributed by atoms with Crippen molar-refractivity contribution >= 4 is 44.8 Å². The Labute approximate surface area is 172 Å². The fourth-order valence-corrected chi connectivity index (χ4v) is 4.68. The van der Waals surface area contributed by atoms with Crippen LogP contribution < -0.4 is 10.2 Å². The zero-order valence-corrected chi connectivity index (χ0v) is 18.2. The topological polar surface area (TPSA) is 97.3 Å². The number of carbonyl (C=O) groups is 2. The van der Waals surface area contributed by atoms with E-state index in [0.29, 0.717) is 33.3 Å². The van der Waals surface area contributed by atoms with Crippen molar-refractivity contribution in [1.82, 2.24) is 15.2 Å². The molecule has 2 amide bonds. The third kappa shape index (κ3) is 4.92. The SMILES string of the molecule is CC(=O)N(CCC(C)C)c1nc(C)c(C(=O)Nc2nnc([C@H]3CCCO3)s2)s1. The predicted octanol–water partition coefficient (Wildman–Crippen LogP) is 3.81. The molecule has 0 aromatic carbocycles. The van der Waals surface area contributed by atoms with E-state index in [-0.39, 0.29) is 17.9 Å². The average Bonchev–Trinajstić information content (AvgIpc) is 3.34. The van der Waals surface area contributed by atoms with Crippen LogP contribution in [0.15, 0.2) is 0 Å². The third-order valence-electron chi connectivity index (χ3n) is 4.40. The van der Waals surface area contributed by atoms with Crippen LogP contribution in [0.3, 0.4) is 0 Å². The first kappa shape index (κ1) is 20.8. The van der Waals surface area contributed by atoms with Gasteiger partial charge in [0.05, 0.1) is 5.69 Å². The molecule has 2 aromatic rings. The first-order valence-corrected chi connectivity index (χ1v) is 11.0. The molecule has 0 saturated carbocycles. The highest BCUT2D eigenvalue weighted by atomic mass is 32.1. The molecule has 0 spiro atoms. The summed E-state index contributed by atoms with van der Waals surface area (Å²) in [5, 5.41) is 12.7. The molecule has 1 atom stereocenters. The molecule has 0 aliphatic carbocycles. The normalized spacial score (nSPS) is 16.5. The van der Waals surface area contributed by atoms with Crippen LogP contribution in [-0.4, -0.2) is 40.1 Å². The maximum absolute atomic E-state index is 12.7. The number of nitrogens with zero attached hydrogens (tertiary/aromatic N) is 4. The van der Waals surface area contributed by atoms with E-state index in [2.05, 4.69) is 34.3 Å². The van der Waals surface area contributed by atoms with Gasteiger partial charge in [0.1, 0.15) is 16.0 Å². The molecule has 0 unspecified atom stereocenters. The fraction of sp³-hybridized carbons (Fsp3) is 0.611. The minimum absolute atomic E-state index is 0.0232.